The van der Waals surface area contributed by atoms with Gasteiger partial charge >= 0.3 is 12.2 Å². The number of nitrogens with one attached hydrogen (secondary N) is 1. The maximum atomic E-state index is 14.3. The largest absolute Gasteiger partial charge is 0.492 e. The topological polar surface area (TPSA) is 112 Å². The van der Waals surface area contributed by atoms with Gasteiger partial charge < -0.3 is 4.74 Å². The number of sulfonamides is 1. The number of hydrogen-bond acceptors (Lipinski definition) is 6. The van der Waals surface area contributed by atoms with Gasteiger partial charge in [-0.2, -0.15) is 13.5 Å². The number of hydrogen-bond donors (Lipinski definition) is 1. The number of nitrogens with zero attached hydrogens (tertiary/aromatic N) is 3. The zero-order valence-corrected chi connectivity index (χ0v) is 18.1. The monoisotopic (exact) mass is 484 g/mol. The molecule has 1 aromatic carbocycles. The Hall–Kier alpha value is -2.54. The van der Waals surface area contributed by atoms with Gasteiger partial charge in [0, 0.05) is 12.5 Å². The van der Waals surface area contributed by atoms with E-state index >= 15 is 0 Å². The highest BCUT2D eigenvalue weighted by molar-refractivity contribution is 7.89. The fraction of sp³-hybridized carbons (Fsp3) is 0.471. The standard InChI is InChI=1S/C17H20ClF3N4O5S/c1-10-22-25(17(27)24(10)16(20)21)13-9-14(11(18)8-12(13)19)30-7-5-3-4-6-15(26)23-31(2,28)29/h8-9,16H,3-7H2,1-2H3,(H,23,26). The summed E-state index contributed by atoms with van der Waals surface area (Å²) >= 11 is 5.95. The van der Waals surface area contributed by atoms with Crippen molar-refractivity contribution >= 4 is 27.5 Å². The molecule has 2 rings (SSSR count). The minimum Gasteiger partial charge on any atom is -0.492 e. The lowest BCUT2D eigenvalue weighted by Crippen LogP contribution is -2.28. The van der Waals surface area contributed by atoms with Crippen LogP contribution in [0.3, 0.4) is 0 Å². The van der Waals surface area contributed by atoms with E-state index in [0.717, 1.165) is 18.4 Å². The van der Waals surface area contributed by atoms with Gasteiger partial charge in [0.15, 0.2) is 5.82 Å². The third-order valence-electron chi connectivity index (χ3n) is 4.01. The molecule has 0 aliphatic rings. The number of aryl methyl sites for hydroxylation is 1. The molecule has 14 heteroatoms. The SMILES string of the molecule is Cc1nn(-c2cc(OCCCCCC(=O)NS(C)(=O)=O)c(Cl)cc2F)c(=O)n1C(F)F. The summed E-state index contributed by atoms with van der Waals surface area (Å²) in [5.74, 6) is -1.84. The van der Waals surface area contributed by atoms with E-state index in [-0.39, 0.29) is 34.2 Å². The van der Waals surface area contributed by atoms with Crippen LogP contribution >= 0.6 is 11.6 Å². The van der Waals surface area contributed by atoms with Gasteiger partial charge in [0.2, 0.25) is 15.9 Å². The Morgan fingerprint density at radius 1 is 1.29 bits per heavy atom. The number of alkyl halides is 2. The lowest BCUT2D eigenvalue weighted by Gasteiger charge is -2.11. The predicted molar refractivity (Wildman–Crippen MR) is 106 cm³/mol. The number of unbranched alkanes of at least 4 members (excludes halogenated alkanes) is 2. The minimum atomic E-state index is -3.59. The summed E-state index contributed by atoms with van der Waals surface area (Å²) in [4.78, 5) is 23.5. The molecular weight excluding hydrogens is 465 g/mol. The quantitative estimate of drug-likeness (QED) is 0.519. The zero-order chi connectivity index (χ0) is 23.3. The first kappa shape index (κ1) is 24.7. The van der Waals surface area contributed by atoms with Crippen LogP contribution in [-0.4, -0.2) is 41.5 Å². The normalized spacial score (nSPS) is 11.7. The van der Waals surface area contributed by atoms with Crippen molar-refractivity contribution in [2.24, 2.45) is 0 Å². The molecule has 0 aliphatic carbocycles. The number of carbonyl (C=O) groups excluding carboxylic acids is 1. The van der Waals surface area contributed by atoms with Crippen LogP contribution < -0.4 is 15.1 Å². The second kappa shape index (κ2) is 10.2. The van der Waals surface area contributed by atoms with Crippen LogP contribution in [0.2, 0.25) is 5.02 Å². The molecule has 1 aromatic heterocycles. The average Bonchev–Trinajstić information content (AvgIpc) is 2.92. The first-order valence-corrected chi connectivity index (χ1v) is 11.3. The Labute approximate surface area is 180 Å². The van der Waals surface area contributed by atoms with Crippen LogP contribution in [0, 0.1) is 12.7 Å². The second-order valence-corrected chi connectivity index (χ2v) is 8.74. The van der Waals surface area contributed by atoms with Crippen LogP contribution in [-0.2, 0) is 14.8 Å². The van der Waals surface area contributed by atoms with Gasteiger partial charge in [-0.15, -0.1) is 5.10 Å². The van der Waals surface area contributed by atoms with E-state index in [2.05, 4.69) is 5.10 Å². The lowest BCUT2D eigenvalue weighted by molar-refractivity contribution is -0.119. The van der Waals surface area contributed by atoms with Crippen molar-refractivity contribution in [2.75, 3.05) is 12.9 Å². The van der Waals surface area contributed by atoms with Gasteiger partial charge in [0.25, 0.3) is 0 Å². The molecule has 0 saturated carbocycles. The number of halogens is 4. The third kappa shape index (κ3) is 6.72. The highest BCUT2D eigenvalue weighted by atomic mass is 35.5. The first-order chi connectivity index (χ1) is 14.4. The summed E-state index contributed by atoms with van der Waals surface area (Å²) in [6.45, 7) is -1.82. The molecule has 2 aromatic rings. The molecule has 1 heterocycles. The Kier molecular flexibility index (Phi) is 8.12. The van der Waals surface area contributed by atoms with E-state index in [1.165, 1.54) is 6.92 Å². The molecule has 0 radical (unpaired) electrons. The molecule has 9 nitrogen and oxygen atoms in total. The molecule has 0 bridgehead atoms. The number of rotatable bonds is 10. The fourth-order valence-electron chi connectivity index (χ4n) is 2.65. The van der Waals surface area contributed by atoms with Crippen molar-refractivity contribution in [3.63, 3.8) is 0 Å². The molecule has 0 fully saturated rings. The van der Waals surface area contributed by atoms with Crippen LogP contribution in [0.25, 0.3) is 5.69 Å². The smallest absolute Gasteiger partial charge is 0.355 e. The summed E-state index contributed by atoms with van der Waals surface area (Å²) in [6.07, 6.45) is 2.30. The summed E-state index contributed by atoms with van der Waals surface area (Å²) in [6, 6.07) is 1.96. The maximum Gasteiger partial charge on any atom is 0.355 e. The fourth-order valence-corrected chi connectivity index (χ4v) is 3.37. The van der Waals surface area contributed by atoms with Crippen LogP contribution in [0.4, 0.5) is 13.2 Å². The Bertz CT molecular complexity index is 1120. The summed E-state index contributed by atoms with van der Waals surface area (Å²) in [7, 11) is -3.59. The van der Waals surface area contributed by atoms with Gasteiger partial charge in [-0.3, -0.25) is 9.52 Å². The van der Waals surface area contributed by atoms with Crippen LogP contribution in [0.5, 0.6) is 5.75 Å². The average molecular weight is 485 g/mol. The van der Waals surface area contributed by atoms with Crippen molar-refractivity contribution in [2.45, 2.75) is 39.2 Å². The van der Waals surface area contributed by atoms with Gasteiger partial charge in [-0.25, -0.2) is 22.2 Å². The molecule has 172 valence electrons. The van der Waals surface area contributed by atoms with Crippen molar-refractivity contribution < 1.29 is 31.1 Å². The Morgan fingerprint density at radius 3 is 2.55 bits per heavy atom. The van der Waals surface area contributed by atoms with E-state index < -0.39 is 39.7 Å². The highest BCUT2D eigenvalue weighted by Gasteiger charge is 2.21. The third-order valence-corrected chi connectivity index (χ3v) is 4.90. The van der Waals surface area contributed by atoms with Crippen molar-refractivity contribution in [3.05, 3.63) is 39.3 Å². The van der Waals surface area contributed by atoms with E-state index in [1.807, 2.05) is 4.72 Å². The molecule has 0 unspecified atom stereocenters. The highest BCUT2D eigenvalue weighted by Crippen LogP contribution is 2.29. The van der Waals surface area contributed by atoms with Crippen molar-refractivity contribution in [1.82, 2.24) is 19.1 Å². The molecule has 31 heavy (non-hydrogen) atoms. The first-order valence-electron chi connectivity index (χ1n) is 9.00. The molecule has 0 spiro atoms. The molecule has 1 N–H and O–H groups in total. The number of benzene rings is 1. The Morgan fingerprint density at radius 2 is 1.97 bits per heavy atom. The van der Waals surface area contributed by atoms with Crippen molar-refractivity contribution in [3.8, 4) is 11.4 Å². The number of aromatic nitrogens is 3. The molecule has 0 atom stereocenters. The predicted octanol–water partition coefficient (Wildman–Crippen LogP) is 2.55. The lowest BCUT2D eigenvalue weighted by atomic mass is 10.2. The molecule has 0 aliphatic heterocycles. The van der Waals surface area contributed by atoms with Gasteiger partial charge in [0.05, 0.1) is 17.9 Å². The van der Waals surface area contributed by atoms with E-state index in [0.29, 0.717) is 23.9 Å². The Balaban J connectivity index is 2.01. The van der Waals surface area contributed by atoms with E-state index in [9.17, 15) is 31.2 Å². The van der Waals surface area contributed by atoms with Crippen LogP contribution in [0.15, 0.2) is 16.9 Å². The van der Waals surface area contributed by atoms with Crippen LogP contribution in [0.1, 0.15) is 38.1 Å². The molecule has 0 saturated heterocycles. The number of amides is 1. The number of ether oxygens (including phenoxy) is 1. The number of carbonyl (C=O) groups is 1. The molecule has 1 amide bonds. The minimum absolute atomic E-state index is 0.0174. The zero-order valence-electron chi connectivity index (χ0n) is 16.6. The van der Waals surface area contributed by atoms with Gasteiger partial charge in [-0.1, -0.05) is 11.6 Å². The van der Waals surface area contributed by atoms with Crippen molar-refractivity contribution in [1.29, 1.82) is 0 Å². The summed E-state index contributed by atoms with van der Waals surface area (Å²) < 4.78 is 70.1. The van der Waals surface area contributed by atoms with Gasteiger partial charge in [-0.05, 0) is 32.3 Å². The van der Waals surface area contributed by atoms with E-state index in [4.69, 9.17) is 16.3 Å². The van der Waals surface area contributed by atoms with E-state index in [1.54, 1.807) is 0 Å². The molecular formula is C17H20ClF3N4O5S. The summed E-state index contributed by atoms with van der Waals surface area (Å²) in [5, 5.41) is 3.57. The maximum absolute atomic E-state index is 14.3. The van der Waals surface area contributed by atoms with Gasteiger partial charge in [0.1, 0.15) is 17.3 Å². The summed E-state index contributed by atoms with van der Waals surface area (Å²) in [5.41, 5.74) is -1.61. The second-order valence-electron chi connectivity index (χ2n) is 6.58.